The molecule has 0 N–H and O–H groups in total. The van der Waals surface area contributed by atoms with Gasteiger partial charge in [-0.25, -0.2) is 0 Å². The van der Waals surface area contributed by atoms with E-state index in [1.54, 1.807) is 0 Å². The van der Waals surface area contributed by atoms with Crippen molar-refractivity contribution < 1.29 is 0 Å². The van der Waals surface area contributed by atoms with E-state index >= 15 is 0 Å². The molecule has 276 valence electrons. The van der Waals surface area contributed by atoms with Crippen LogP contribution in [0.2, 0.25) is 0 Å². The van der Waals surface area contributed by atoms with Gasteiger partial charge in [-0.15, -0.1) is 0 Å². The van der Waals surface area contributed by atoms with E-state index in [2.05, 4.69) is 243 Å². The third kappa shape index (κ3) is 6.22. The third-order valence-corrected chi connectivity index (χ3v) is 11.9. The van der Waals surface area contributed by atoms with Gasteiger partial charge >= 0.3 is 0 Å². The van der Waals surface area contributed by atoms with E-state index in [4.69, 9.17) is 0 Å². The molecule has 0 aliphatic heterocycles. The molecule has 9 aromatic carbocycles. The van der Waals surface area contributed by atoms with Crippen LogP contribution in [0.4, 0.5) is 17.1 Å². The zero-order chi connectivity index (χ0) is 39.1. The van der Waals surface area contributed by atoms with Crippen molar-refractivity contribution in [3.05, 3.63) is 236 Å². The Morgan fingerprint density at radius 1 is 0.293 bits per heavy atom. The first-order valence-corrected chi connectivity index (χ1v) is 20.2. The van der Waals surface area contributed by atoms with E-state index < -0.39 is 0 Å². The number of hydrogen-bond donors (Lipinski definition) is 0. The van der Waals surface area contributed by atoms with Crippen LogP contribution in [0.15, 0.2) is 224 Å². The van der Waals surface area contributed by atoms with Crippen LogP contribution in [-0.4, -0.2) is 0 Å². The number of fused-ring (bicyclic) bond motifs is 3. The number of nitrogens with zero attached hydrogens (tertiary/aromatic N) is 1. The fourth-order valence-electron chi connectivity index (χ4n) is 9.01. The molecule has 0 saturated heterocycles. The third-order valence-electron chi connectivity index (χ3n) is 11.9. The smallest absolute Gasteiger partial charge is 0.0546 e. The summed E-state index contributed by atoms with van der Waals surface area (Å²) in [6.07, 6.45) is 0. The van der Waals surface area contributed by atoms with E-state index in [1.807, 2.05) is 0 Å². The molecule has 0 fully saturated rings. The first kappa shape index (κ1) is 35.2. The quantitative estimate of drug-likeness (QED) is 0.150. The molecule has 9 aromatic rings. The van der Waals surface area contributed by atoms with Crippen LogP contribution < -0.4 is 4.90 Å². The lowest BCUT2D eigenvalue weighted by Gasteiger charge is -2.31. The zero-order valence-corrected chi connectivity index (χ0v) is 32.8. The largest absolute Gasteiger partial charge is 0.310 e. The van der Waals surface area contributed by atoms with Crippen LogP contribution in [-0.2, 0) is 5.41 Å². The van der Waals surface area contributed by atoms with Gasteiger partial charge in [0.2, 0.25) is 0 Å². The molecule has 0 atom stereocenters. The molecule has 0 bridgehead atoms. The summed E-state index contributed by atoms with van der Waals surface area (Å²) in [5, 5.41) is 0. The van der Waals surface area contributed by atoms with Crippen molar-refractivity contribution in [2.45, 2.75) is 19.3 Å². The Kier molecular flexibility index (Phi) is 8.92. The Morgan fingerprint density at radius 3 is 1.48 bits per heavy atom. The SMILES string of the molecule is CC1(C)c2ccccc2-c2ccc(N(c3ccc(-c4ccccc4)cc3)c3cccc(-c4cccc(-c5ccccc5)c4)c3-c3ccccc3-c3ccccc3)cc21. The maximum absolute atomic E-state index is 2.48. The Hall–Kier alpha value is -7.22. The van der Waals surface area contributed by atoms with E-state index in [0.29, 0.717) is 0 Å². The predicted molar refractivity (Wildman–Crippen MR) is 246 cm³/mol. The van der Waals surface area contributed by atoms with Crippen molar-refractivity contribution in [1.29, 1.82) is 0 Å². The number of benzene rings is 9. The Balaban J connectivity index is 1.24. The lowest BCUT2D eigenvalue weighted by atomic mass is 9.82. The molecule has 0 radical (unpaired) electrons. The van der Waals surface area contributed by atoms with Gasteiger partial charge in [0.15, 0.2) is 0 Å². The van der Waals surface area contributed by atoms with Crippen LogP contribution in [0.5, 0.6) is 0 Å². The summed E-state index contributed by atoms with van der Waals surface area (Å²) in [5.74, 6) is 0. The second-order valence-corrected chi connectivity index (χ2v) is 15.7. The maximum atomic E-state index is 2.48. The Bertz CT molecular complexity index is 2890. The van der Waals surface area contributed by atoms with Crippen molar-refractivity contribution in [2.75, 3.05) is 4.90 Å². The summed E-state index contributed by atoms with van der Waals surface area (Å²) >= 11 is 0. The topological polar surface area (TPSA) is 3.24 Å². The van der Waals surface area contributed by atoms with Crippen LogP contribution in [0.1, 0.15) is 25.0 Å². The molecule has 10 rings (SSSR count). The summed E-state index contributed by atoms with van der Waals surface area (Å²) < 4.78 is 0. The van der Waals surface area contributed by atoms with Gasteiger partial charge in [-0.3, -0.25) is 0 Å². The van der Waals surface area contributed by atoms with Gasteiger partial charge in [-0.05, 0) is 109 Å². The average Bonchev–Trinajstić information content (AvgIpc) is 3.53. The molecule has 0 aromatic heterocycles. The molecule has 58 heavy (non-hydrogen) atoms. The van der Waals surface area contributed by atoms with Gasteiger partial charge in [-0.1, -0.05) is 202 Å². The van der Waals surface area contributed by atoms with E-state index in [0.717, 1.165) is 17.1 Å². The summed E-state index contributed by atoms with van der Waals surface area (Å²) in [6.45, 7) is 4.73. The molecule has 0 amide bonds. The van der Waals surface area contributed by atoms with Gasteiger partial charge in [0.25, 0.3) is 0 Å². The summed E-state index contributed by atoms with van der Waals surface area (Å²) in [7, 11) is 0. The molecule has 1 nitrogen and oxygen atoms in total. The molecular weight excluding hydrogens is 699 g/mol. The lowest BCUT2D eigenvalue weighted by Crippen LogP contribution is -2.17. The highest BCUT2D eigenvalue weighted by molar-refractivity contribution is 6.02. The number of anilines is 3. The molecule has 1 aliphatic rings. The highest BCUT2D eigenvalue weighted by Crippen LogP contribution is 2.53. The van der Waals surface area contributed by atoms with Gasteiger partial charge in [0, 0.05) is 22.4 Å². The molecule has 1 aliphatic carbocycles. The van der Waals surface area contributed by atoms with Crippen molar-refractivity contribution in [3.8, 4) is 66.8 Å². The van der Waals surface area contributed by atoms with Gasteiger partial charge in [-0.2, -0.15) is 0 Å². The Morgan fingerprint density at radius 2 is 0.776 bits per heavy atom. The Labute approximate surface area is 342 Å². The zero-order valence-electron chi connectivity index (χ0n) is 32.8. The normalized spacial score (nSPS) is 12.4. The van der Waals surface area contributed by atoms with Crippen LogP contribution in [0, 0.1) is 0 Å². The minimum absolute atomic E-state index is 0.146. The summed E-state index contributed by atoms with van der Waals surface area (Å²) in [5.41, 5.74) is 20.4. The van der Waals surface area contributed by atoms with Crippen molar-refractivity contribution in [3.63, 3.8) is 0 Å². The molecule has 0 spiro atoms. The fourth-order valence-corrected chi connectivity index (χ4v) is 9.01. The average molecular weight is 742 g/mol. The molecule has 0 saturated carbocycles. The van der Waals surface area contributed by atoms with E-state index in [1.165, 1.54) is 77.9 Å². The van der Waals surface area contributed by atoms with Crippen LogP contribution in [0.25, 0.3) is 66.8 Å². The van der Waals surface area contributed by atoms with Crippen LogP contribution in [0.3, 0.4) is 0 Å². The van der Waals surface area contributed by atoms with Gasteiger partial charge in [0.1, 0.15) is 0 Å². The molecule has 0 unspecified atom stereocenters. The van der Waals surface area contributed by atoms with Gasteiger partial charge < -0.3 is 4.90 Å². The predicted octanol–water partition coefficient (Wildman–Crippen LogP) is 15.8. The van der Waals surface area contributed by atoms with E-state index in [9.17, 15) is 0 Å². The van der Waals surface area contributed by atoms with Gasteiger partial charge in [0.05, 0.1) is 5.69 Å². The second-order valence-electron chi connectivity index (χ2n) is 15.7. The van der Waals surface area contributed by atoms with Crippen molar-refractivity contribution >= 4 is 17.1 Å². The first-order valence-electron chi connectivity index (χ1n) is 20.2. The fraction of sp³-hybridized carbons (Fsp3) is 0.0526. The first-order chi connectivity index (χ1) is 28.5. The van der Waals surface area contributed by atoms with Crippen LogP contribution >= 0.6 is 0 Å². The second kappa shape index (κ2) is 14.7. The minimum atomic E-state index is -0.146. The summed E-state index contributed by atoms with van der Waals surface area (Å²) in [4.78, 5) is 2.48. The molecular formula is C57H43N. The van der Waals surface area contributed by atoms with E-state index in [-0.39, 0.29) is 5.41 Å². The lowest BCUT2D eigenvalue weighted by molar-refractivity contribution is 0.660. The molecule has 0 heterocycles. The number of hydrogen-bond acceptors (Lipinski definition) is 1. The highest BCUT2D eigenvalue weighted by atomic mass is 15.1. The number of rotatable bonds is 8. The standard InChI is InChI=1S/C57H43N/c1-57(2)53-30-15-14-27-50(53)51-37-36-47(39-54(51)57)58(46-34-32-42(33-35-46)40-18-6-3-7-19-40)55-31-17-29-49(45-25-16-24-44(38-45)41-20-8-4-9-21-41)56(55)52-28-13-12-26-48(52)43-22-10-5-11-23-43/h3-39H,1-2H3. The minimum Gasteiger partial charge on any atom is -0.310 e. The highest BCUT2D eigenvalue weighted by Gasteiger charge is 2.36. The van der Waals surface area contributed by atoms with Crippen molar-refractivity contribution in [1.82, 2.24) is 0 Å². The molecule has 1 heteroatoms. The maximum Gasteiger partial charge on any atom is 0.0546 e. The monoisotopic (exact) mass is 741 g/mol. The van der Waals surface area contributed by atoms with Crippen molar-refractivity contribution in [2.24, 2.45) is 0 Å². The summed E-state index contributed by atoms with van der Waals surface area (Å²) in [6, 6.07) is 81.9.